The molecule has 1 aliphatic heterocycles. The van der Waals surface area contributed by atoms with Gasteiger partial charge in [0.25, 0.3) is 5.91 Å². The van der Waals surface area contributed by atoms with Crippen molar-refractivity contribution in [2.24, 2.45) is 0 Å². The van der Waals surface area contributed by atoms with Gasteiger partial charge in [-0.05, 0) is 47.5 Å². The van der Waals surface area contributed by atoms with Crippen LogP contribution in [0.3, 0.4) is 0 Å². The number of aromatic carboxylic acids is 1. The van der Waals surface area contributed by atoms with Gasteiger partial charge in [0.05, 0.1) is 70.1 Å². The number of methoxy groups -OCH3 is 2. The Morgan fingerprint density at radius 2 is 1.61 bits per heavy atom. The molecule has 1 aromatic heterocycles. The lowest BCUT2D eigenvalue weighted by Crippen LogP contribution is -2.46. The van der Waals surface area contributed by atoms with E-state index in [-0.39, 0.29) is 46.3 Å². The standard InChI is InChI=1S/C34H36ClN3O7S/c1-38(16-14-24(19-38)33-37-18-29(46-33)34(40)41)17-15-36-32(39)27-12-13-28(44-20-22-4-8-25(42-2)9-5-22)31(30(27)35)45-21-23-6-10-26(43-3)11-7-23/h4-13,18,24H,14-17,19-21H2,1-3H3,(H-,36,39,40,41)/p+1/t24-,38?/m1/s1. The maximum absolute atomic E-state index is 13.4. The minimum Gasteiger partial charge on any atom is -0.497 e. The first-order valence-corrected chi connectivity index (χ1v) is 16.0. The second kappa shape index (κ2) is 14.8. The van der Waals surface area contributed by atoms with Gasteiger partial charge >= 0.3 is 5.97 Å². The van der Waals surface area contributed by atoms with Crippen molar-refractivity contribution in [2.75, 3.05) is 47.4 Å². The van der Waals surface area contributed by atoms with Crippen molar-refractivity contribution in [3.63, 3.8) is 0 Å². The fraction of sp³-hybridized carbons (Fsp3) is 0.324. The molecule has 242 valence electrons. The largest absolute Gasteiger partial charge is 0.497 e. The summed E-state index contributed by atoms with van der Waals surface area (Å²) in [7, 11) is 5.37. The molecule has 2 atom stereocenters. The van der Waals surface area contributed by atoms with Crippen molar-refractivity contribution in [3.05, 3.63) is 98.5 Å². The molecule has 2 N–H and O–H groups in total. The molecule has 46 heavy (non-hydrogen) atoms. The number of hydrogen-bond donors (Lipinski definition) is 2. The molecule has 0 spiro atoms. The van der Waals surface area contributed by atoms with Crippen LogP contribution in [0.25, 0.3) is 0 Å². The number of nitrogens with one attached hydrogen (secondary N) is 1. The molecule has 12 heteroatoms. The van der Waals surface area contributed by atoms with Gasteiger partial charge < -0.3 is 33.9 Å². The third-order valence-electron chi connectivity index (χ3n) is 8.10. The van der Waals surface area contributed by atoms with Crippen molar-refractivity contribution in [1.29, 1.82) is 0 Å². The number of carboxylic acids is 1. The fourth-order valence-corrected chi connectivity index (χ4v) is 6.60. The molecule has 2 heterocycles. The van der Waals surface area contributed by atoms with Gasteiger partial charge in [0.15, 0.2) is 11.5 Å². The van der Waals surface area contributed by atoms with E-state index < -0.39 is 5.97 Å². The van der Waals surface area contributed by atoms with Crippen LogP contribution in [0.1, 0.15) is 48.5 Å². The normalized spacial score (nSPS) is 17.3. The molecule has 1 unspecified atom stereocenters. The predicted molar refractivity (Wildman–Crippen MR) is 176 cm³/mol. The van der Waals surface area contributed by atoms with Gasteiger partial charge in [0.2, 0.25) is 0 Å². The molecule has 1 saturated heterocycles. The van der Waals surface area contributed by atoms with E-state index in [9.17, 15) is 14.7 Å². The van der Waals surface area contributed by atoms with Gasteiger partial charge in [-0.1, -0.05) is 35.9 Å². The van der Waals surface area contributed by atoms with Crippen LogP contribution in [0, 0.1) is 0 Å². The highest BCUT2D eigenvalue weighted by Crippen LogP contribution is 2.39. The Balaban J connectivity index is 1.25. The van der Waals surface area contributed by atoms with Crippen LogP contribution in [0.2, 0.25) is 5.02 Å². The number of likely N-dealkylation sites (tertiary alicyclic amines) is 1. The summed E-state index contributed by atoms with van der Waals surface area (Å²) in [6.45, 7) is 3.35. The molecule has 0 saturated carbocycles. The summed E-state index contributed by atoms with van der Waals surface area (Å²) < 4.78 is 23.5. The molecular weight excluding hydrogens is 630 g/mol. The number of halogens is 1. The van der Waals surface area contributed by atoms with Crippen molar-refractivity contribution >= 4 is 34.8 Å². The molecule has 4 aromatic rings. The Labute approximate surface area is 277 Å². The van der Waals surface area contributed by atoms with Crippen LogP contribution in [-0.2, 0) is 13.2 Å². The molecule has 10 nitrogen and oxygen atoms in total. The molecule has 1 fully saturated rings. The number of aromatic nitrogens is 1. The van der Waals surface area contributed by atoms with Crippen LogP contribution >= 0.6 is 22.9 Å². The van der Waals surface area contributed by atoms with Gasteiger partial charge in [0, 0.05) is 6.42 Å². The lowest BCUT2D eigenvalue weighted by molar-refractivity contribution is -0.897. The first-order chi connectivity index (χ1) is 22.2. The van der Waals surface area contributed by atoms with Crippen molar-refractivity contribution in [1.82, 2.24) is 10.3 Å². The van der Waals surface area contributed by atoms with E-state index in [2.05, 4.69) is 17.3 Å². The van der Waals surface area contributed by atoms with Crippen LogP contribution in [-0.4, -0.2) is 73.9 Å². The number of amides is 1. The van der Waals surface area contributed by atoms with E-state index in [0.29, 0.717) is 18.8 Å². The fourth-order valence-electron chi connectivity index (χ4n) is 5.42. The molecule has 5 rings (SSSR count). The molecule has 3 aromatic carbocycles. The average Bonchev–Trinajstić information content (AvgIpc) is 3.71. The summed E-state index contributed by atoms with van der Waals surface area (Å²) in [6, 6.07) is 18.4. The number of nitrogens with zero attached hydrogens (tertiary/aromatic N) is 2. The summed E-state index contributed by atoms with van der Waals surface area (Å²) in [5.74, 6) is 1.12. The smallest absolute Gasteiger partial charge is 0.347 e. The maximum atomic E-state index is 13.4. The van der Waals surface area contributed by atoms with Gasteiger partial charge in [-0.2, -0.15) is 0 Å². The minimum atomic E-state index is -0.952. The van der Waals surface area contributed by atoms with Gasteiger partial charge in [-0.15, -0.1) is 11.3 Å². The average molecular weight is 667 g/mol. The molecule has 0 aliphatic carbocycles. The zero-order valence-corrected chi connectivity index (χ0v) is 27.5. The summed E-state index contributed by atoms with van der Waals surface area (Å²) in [6.07, 6.45) is 2.34. The number of hydrogen-bond acceptors (Lipinski definition) is 8. The Morgan fingerprint density at radius 3 is 2.20 bits per heavy atom. The molecular formula is C34H37ClN3O7S+. The van der Waals surface area contributed by atoms with E-state index in [4.69, 9.17) is 30.5 Å². The number of carboxylic acid groups (broad SMARTS) is 1. The second-order valence-corrected chi connectivity index (χ2v) is 12.8. The van der Waals surface area contributed by atoms with E-state index in [1.807, 2.05) is 48.5 Å². The topological polar surface area (TPSA) is 116 Å². The third kappa shape index (κ3) is 8.09. The maximum Gasteiger partial charge on any atom is 0.347 e. The number of carbonyl (C=O) groups is 2. The lowest BCUT2D eigenvalue weighted by atomic mass is 10.1. The summed E-state index contributed by atoms with van der Waals surface area (Å²) in [4.78, 5) is 29.2. The minimum absolute atomic E-state index is 0.165. The first-order valence-electron chi connectivity index (χ1n) is 14.8. The second-order valence-electron chi connectivity index (χ2n) is 11.4. The van der Waals surface area contributed by atoms with E-state index in [1.54, 1.807) is 26.4 Å². The van der Waals surface area contributed by atoms with E-state index >= 15 is 0 Å². The SMILES string of the molecule is COc1ccc(COc2ccc(C(=O)NCC[N+]3(C)CC[C@@H](c4ncc(C(=O)O)s4)C3)c(Cl)c2OCc2ccc(OC)cc2)cc1. The molecule has 0 bridgehead atoms. The van der Waals surface area contributed by atoms with Gasteiger partial charge in [-0.3, -0.25) is 4.79 Å². The third-order valence-corrected chi connectivity index (χ3v) is 9.62. The Kier molecular flexibility index (Phi) is 10.7. The monoisotopic (exact) mass is 666 g/mol. The number of benzene rings is 3. The van der Waals surface area contributed by atoms with Crippen molar-refractivity contribution in [3.8, 4) is 23.0 Å². The first kappa shape index (κ1) is 33.1. The lowest BCUT2D eigenvalue weighted by Gasteiger charge is -2.29. The number of quaternary nitrogens is 1. The summed E-state index contributed by atoms with van der Waals surface area (Å²) in [5.41, 5.74) is 2.11. The quantitative estimate of drug-likeness (QED) is 0.157. The van der Waals surface area contributed by atoms with Crippen LogP contribution in [0.15, 0.2) is 66.9 Å². The molecule has 1 amide bonds. The number of ether oxygens (including phenoxy) is 4. The number of rotatable bonds is 14. The van der Waals surface area contributed by atoms with Crippen LogP contribution in [0.5, 0.6) is 23.0 Å². The van der Waals surface area contributed by atoms with Crippen LogP contribution in [0.4, 0.5) is 0 Å². The summed E-state index contributed by atoms with van der Waals surface area (Å²) in [5, 5.41) is 13.3. The summed E-state index contributed by atoms with van der Waals surface area (Å²) >= 11 is 8.07. The Morgan fingerprint density at radius 1 is 0.978 bits per heavy atom. The van der Waals surface area contributed by atoms with E-state index in [1.165, 1.54) is 17.5 Å². The predicted octanol–water partition coefficient (Wildman–Crippen LogP) is 6.03. The number of likely N-dealkylation sites (N-methyl/N-ethyl adjacent to an activating group) is 1. The highest BCUT2D eigenvalue weighted by atomic mass is 35.5. The van der Waals surface area contributed by atoms with E-state index in [0.717, 1.165) is 51.6 Å². The van der Waals surface area contributed by atoms with Gasteiger partial charge in [-0.25, -0.2) is 9.78 Å². The highest BCUT2D eigenvalue weighted by molar-refractivity contribution is 7.13. The molecule has 1 aliphatic rings. The highest BCUT2D eigenvalue weighted by Gasteiger charge is 2.37. The number of thiazole rings is 1. The Hall–Kier alpha value is -4.32. The van der Waals surface area contributed by atoms with Gasteiger partial charge in [0.1, 0.15) is 34.6 Å². The Bertz CT molecular complexity index is 1660. The zero-order chi connectivity index (χ0) is 32.7. The van der Waals surface area contributed by atoms with Crippen LogP contribution < -0.4 is 24.3 Å². The van der Waals surface area contributed by atoms with Crippen molar-refractivity contribution < 1.29 is 38.1 Å². The zero-order valence-electron chi connectivity index (χ0n) is 26.0. The number of carbonyl (C=O) groups excluding carboxylic acids is 1. The molecule has 0 radical (unpaired) electrons. The van der Waals surface area contributed by atoms with Crippen molar-refractivity contribution in [2.45, 2.75) is 25.6 Å².